The second-order valence-corrected chi connectivity index (χ2v) is 5.48. The maximum absolute atomic E-state index is 4.58. The molecule has 0 radical (unpaired) electrons. The number of hydrogen-bond donors (Lipinski definition) is 1. The Kier molecular flexibility index (Phi) is 5.20. The summed E-state index contributed by atoms with van der Waals surface area (Å²) in [6.45, 7) is 5.18. The molecule has 19 heavy (non-hydrogen) atoms. The van der Waals surface area contributed by atoms with Crippen LogP contribution in [0.5, 0.6) is 0 Å². The minimum Gasteiger partial charge on any atom is -0.308 e. The van der Waals surface area contributed by atoms with E-state index in [1.807, 2.05) is 0 Å². The highest BCUT2D eigenvalue weighted by Crippen LogP contribution is 2.29. The van der Waals surface area contributed by atoms with Crippen LogP contribution in [0.25, 0.3) is 0 Å². The number of nitrogens with one attached hydrogen (secondary N) is 1. The topological polar surface area (TPSA) is 29.9 Å². The average molecular weight is 261 g/mol. The maximum atomic E-state index is 4.58. The van der Waals surface area contributed by atoms with Crippen LogP contribution in [0.1, 0.15) is 62.9 Å². The summed E-state index contributed by atoms with van der Waals surface area (Å²) >= 11 is 0. The van der Waals surface area contributed by atoms with E-state index in [-0.39, 0.29) is 0 Å². The molecule has 1 aromatic rings. The zero-order chi connectivity index (χ0) is 13.7. The van der Waals surface area contributed by atoms with Crippen molar-refractivity contribution in [1.82, 2.24) is 15.1 Å². The van der Waals surface area contributed by atoms with Gasteiger partial charge < -0.3 is 5.32 Å². The lowest BCUT2D eigenvalue weighted by Crippen LogP contribution is -2.22. The van der Waals surface area contributed by atoms with E-state index in [2.05, 4.69) is 48.1 Å². The molecule has 3 heteroatoms. The molecule has 1 unspecified atom stereocenters. The molecule has 3 nitrogen and oxygen atoms in total. The predicted octanol–water partition coefficient (Wildman–Crippen LogP) is 3.75. The summed E-state index contributed by atoms with van der Waals surface area (Å²) in [5, 5.41) is 8.08. The first-order chi connectivity index (χ1) is 9.26. The SMILES string of the molecule is CCn1nc(C)cc1C(NC)/C1=C/CCCCCC1. The Morgan fingerprint density at radius 1 is 1.32 bits per heavy atom. The molecular formula is C16H27N3. The molecule has 1 N–H and O–H groups in total. The summed E-state index contributed by atoms with van der Waals surface area (Å²) in [5.41, 5.74) is 3.98. The molecule has 1 aliphatic carbocycles. The van der Waals surface area contributed by atoms with Gasteiger partial charge in [0.05, 0.1) is 17.4 Å². The molecule has 0 saturated heterocycles. The summed E-state index contributed by atoms with van der Waals surface area (Å²) in [4.78, 5) is 0. The van der Waals surface area contributed by atoms with Crippen LogP contribution in [0.15, 0.2) is 17.7 Å². The summed E-state index contributed by atoms with van der Waals surface area (Å²) in [7, 11) is 2.06. The lowest BCUT2D eigenvalue weighted by atomic mass is 9.93. The van der Waals surface area contributed by atoms with Crippen molar-refractivity contribution in [1.29, 1.82) is 0 Å². The van der Waals surface area contributed by atoms with E-state index in [1.54, 1.807) is 5.57 Å². The van der Waals surface area contributed by atoms with Gasteiger partial charge in [-0.15, -0.1) is 0 Å². The van der Waals surface area contributed by atoms with Gasteiger partial charge in [-0.1, -0.05) is 24.5 Å². The van der Waals surface area contributed by atoms with Crippen LogP contribution in [-0.4, -0.2) is 16.8 Å². The predicted molar refractivity (Wildman–Crippen MR) is 80.2 cm³/mol. The van der Waals surface area contributed by atoms with Gasteiger partial charge in [0, 0.05) is 6.54 Å². The maximum Gasteiger partial charge on any atom is 0.0705 e. The van der Waals surface area contributed by atoms with Crippen molar-refractivity contribution >= 4 is 0 Å². The lowest BCUT2D eigenvalue weighted by molar-refractivity contribution is 0.526. The molecule has 0 aliphatic heterocycles. The normalized spacial score (nSPS) is 21.3. The number of likely N-dealkylation sites (N-methyl/N-ethyl adjacent to an activating group) is 1. The highest BCUT2D eigenvalue weighted by atomic mass is 15.3. The molecule has 106 valence electrons. The van der Waals surface area contributed by atoms with E-state index in [0.717, 1.165) is 12.2 Å². The minimum atomic E-state index is 0.333. The molecule has 0 fully saturated rings. The van der Waals surface area contributed by atoms with Crippen molar-refractivity contribution in [3.05, 3.63) is 29.1 Å². The molecule has 0 bridgehead atoms. The van der Waals surface area contributed by atoms with E-state index >= 15 is 0 Å². The molecule has 1 heterocycles. The van der Waals surface area contributed by atoms with Crippen LogP contribution < -0.4 is 5.32 Å². The standard InChI is InChI=1S/C16H27N3/c1-4-19-15(12-13(2)18-19)16(17-3)14-10-8-6-5-7-9-11-14/h10,12,16-17H,4-9,11H2,1-3H3/b14-10+. The summed E-state index contributed by atoms with van der Waals surface area (Å²) in [5.74, 6) is 0. The fraction of sp³-hybridized carbons (Fsp3) is 0.688. The highest BCUT2D eigenvalue weighted by molar-refractivity contribution is 5.25. The first-order valence-electron chi connectivity index (χ1n) is 7.66. The number of nitrogens with zero attached hydrogens (tertiary/aromatic N) is 2. The number of rotatable bonds is 4. The second kappa shape index (κ2) is 6.90. The third-order valence-corrected chi connectivity index (χ3v) is 4.01. The van der Waals surface area contributed by atoms with Crippen LogP contribution in [0.4, 0.5) is 0 Å². The van der Waals surface area contributed by atoms with E-state index < -0.39 is 0 Å². The zero-order valence-electron chi connectivity index (χ0n) is 12.6. The molecule has 1 aromatic heterocycles. The molecule has 1 atom stereocenters. The Balaban J connectivity index is 2.26. The quantitative estimate of drug-likeness (QED) is 0.837. The monoisotopic (exact) mass is 261 g/mol. The van der Waals surface area contributed by atoms with Crippen molar-refractivity contribution in [3.8, 4) is 0 Å². The van der Waals surface area contributed by atoms with Crippen LogP contribution in [0.2, 0.25) is 0 Å². The van der Waals surface area contributed by atoms with Gasteiger partial charge in [-0.25, -0.2) is 0 Å². The lowest BCUT2D eigenvalue weighted by Gasteiger charge is -2.22. The largest absolute Gasteiger partial charge is 0.308 e. The zero-order valence-corrected chi connectivity index (χ0v) is 12.6. The Morgan fingerprint density at radius 3 is 2.84 bits per heavy atom. The van der Waals surface area contributed by atoms with Crippen LogP contribution >= 0.6 is 0 Å². The molecule has 0 amide bonds. The Hall–Kier alpha value is -1.09. The van der Waals surface area contributed by atoms with Crippen molar-refractivity contribution in [2.24, 2.45) is 0 Å². The van der Waals surface area contributed by atoms with E-state index in [4.69, 9.17) is 0 Å². The molecule has 1 aliphatic rings. The summed E-state index contributed by atoms with van der Waals surface area (Å²) in [6, 6.07) is 2.56. The number of aromatic nitrogens is 2. The van der Waals surface area contributed by atoms with Gasteiger partial charge in [0.15, 0.2) is 0 Å². The van der Waals surface area contributed by atoms with Gasteiger partial charge in [-0.2, -0.15) is 5.10 Å². The van der Waals surface area contributed by atoms with Crippen LogP contribution in [0, 0.1) is 6.92 Å². The molecule has 0 spiro atoms. The average Bonchev–Trinajstić information content (AvgIpc) is 2.73. The molecular weight excluding hydrogens is 234 g/mol. The Morgan fingerprint density at radius 2 is 2.11 bits per heavy atom. The van der Waals surface area contributed by atoms with E-state index in [0.29, 0.717) is 6.04 Å². The number of hydrogen-bond acceptors (Lipinski definition) is 2. The van der Waals surface area contributed by atoms with Gasteiger partial charge in [0.1, 0.15) is 0 Å². The fourth-order valence-electron chi connectivity index (χ4n) is 3.05. The first-order valence-corrected chi connectivity index (χ1v) is 7.66. The Bertz CT molecular complexity index is 431. The fourth-order valence-corrected chi connectivity index (χ4v) is 3.05. The molecule has 0 aromatic carbocycles. The van der Waals surface area contributed by atoms with Gasteiger partial charge in [0.25, 0.3) is 0 Å². The Labute approximate surface area is 117 Å². The summed E-state index contributed by atoms with van der Waals surface area (Å²) in [6.07, 6.45) is 10.3. The van der Waals surface area contributed by atoms with Gasteiger partial charge in [0.2, 0.25) is 0 Å². The second-order valence-electron chi connectivity index (χ2n) is 5.48. The first kappa shape index (κ1) is 14.3. The van der Waals surface area contributed by atoms with Gasteiger partial charge >= 0.3 is 0 Å². The van der Waals surface area contributed by atoms with Crippen molar-refractivity contribution < 1.29 is 0 Å². The van der Waals surface area contributed by atoms with Gasteiger partial charge in [-0.3, -0.25) is 4.68 Å². The van der Waals surface area contributed by atoms with Crippen LogP contribution in [-0.2, 0) is 6.54 Å². The van der Waals surface area contributed by atoms with Crippen molar-refractivity contribution in [2.45, 2.75) is 65.0 Å². The van der Waals surface area contributed by atoms with Crippen LogP contribution in [0.3, 0.4) is 0 Å². The third kappa shape index (κ3) is 3.47. The highest BCUT2D eigenvalue weighted by Gasteiger charge is 2.19. The van der Waals surface area contributed by atoms with E-state index in [9.17, 15) is 0 Å². The molecule has 0 saturated carbocycles. The van der Waals surface area contributed by atoms with Crippen molar-refractivity contribution in [2.75, 3.05) is 7.05 Å². The molecule has 2 rings (SSSR count). The summed E-state index contributed by atoms with van der Waals surface area (Å²) < 4.78 is 2.14. The smallest absolute Gasteiger partial charge is 0.0705 e. The van der Waals surface area contributed by atoms with E-state index in [1.165, 1.54) is 44.2 Å². The number of aryl methyl sites for hydroxylation is 2. The van der Waals surface area contributed by atoms with Crippen molar-refractivity contribution in [3.63, 3.8) is 0 Å². The third-order valence-electron chi connectivity index (χ3n) is 4.01. The minimum absolute atomic E-state index is 0.333. The number of allylic oxidation sites excluding steroid dienone is 1. The van der Waals surface area contributed by atoms with Gasteiger partial charge in [-0.05, 0) is 52.6 Å².